The number of hydrogen-bond donors (Lipinski definition) is 0. The predicted octanol–water partition coefficient (Wildman–Crippen LogP) is 11.7. The van der Waals surface area contributed by atoms with Gasteiger partial charge in [-0.05, 0) is 182 Å². The second-order valence-corrected chi connectivity index (χ2v) is 18.9. The molecule has 0 radical (unpaired) electrons. The number of allylic oxidation sites excluding steroid dienone is 4. The number of carbonyl (C=O) groups is 2. The standard InChI is InChI=1S/C43H59N3O3/c1-27(2)30-17-23-43(24-20-35(47)45-46-44)26-25-41(9)32(36(30)43)15-16-34-40(8)21-18-31(39(6,7)33(40)19-22-42(34,41)10)28-11-13-29(14-12-28)37(48)49-38(3,4)5/h11-14,18,20,24,30,32-34,36H,1,15-17,19,21-23,25-26H2,2-10H3/b24-20+/t30-,32+,33-,34+,36+,40-,41+,42+,43-/m0/s1. The fraction of sp³-hybridized carbons (Fsp3) is 0.674. The SMILES string of the molecule is C=C(C)[C@@H]1CC[C@]2(/C=C/C(=O)N=[N+]=[N-])CC[C@]3(C)[C@H](CC[C@@H]4[C@@]5(C)CC=C(c6ccc(C(=O)OC(C)(C)C)cc6)C(C)(C)[C@@H]5CC[C@]43C)[C@@H]12. The molecule has 1 aromatic carbocycles. The molecule has 6 heteroatoms. The molecule has 5 aliphatic carbocycles. The van der Waals surface area contributed by atoms with Gasteiger partial charge >= 0.3 is 5.97 Å². The Morgan fingerprint density at radius 2 is 1.63 bits per heavy atom. The molecule has 264 valence electrons. The summed E-state index contributed by atoms with van der Waals surface area (Å²) in [6.45, 7) is 25.3. The summed E-state index contributed by atoms with van der Waals surface area (Å²) >= 11 is 0. The van der Waals surface area contributed by atoms with Crippen LogP contribution in [0.25, 0.3) is 16.0 Å². The summed E-state index contributed by atoms with van der Waals surface area (Å²) in [5.41, 5.74) is 13.4. The number of ether oxygens (including phenoxy) is 1. The summed E-state index contributed by atoms with van der Waals surface area (Å²) in [6.07, 6.45) is 16.7. The Bertz CT molecular complexity index is 1640. The van der Waals surface area contributed by atoms with Crippen LogP contribution in [-0.2, 0) is 9.53 Å². The molecule has 0 unspecified atom stereocenters. The van der Waals surface area contributed by atoms with E-state index in [1.165, 1.54) is 48.8 Å². The molecule has 49 heavy (non-hydrogen) atoms. The minimum atomic E-state index is -0.518. The first kappa shape index (κ1) is 35.7. The van der Waals surface area contributed by atoms with Crippen LogP contribution in [0.5, 0.6) is 0 Å². The Labute approximate surface area is 294 Å². The average molecular weight is 666 g/mol. The Kier molecular flexibility index (Phi) is 8.74. The van der Waals surface area contributed by atoms with Crippen LogP contribution >= 0.6 is 0 Å². The molecule has 0 saturated heterocycles. The molecule has 1 amide bonds. The zero-order valence-electron chi connectivity index (χ0n) is 31.6. The summed E-state index contributed by atoms with van der Waals surface area (Å²) in [7, 11) is 0. The quantitative estimate of drug-likeness (QED) is 0.0782. The smallest absolute Gasteiger partial charge is 0.338 e. The summed E-state index contributed by atoms with van der Waals surface area (Å²) < 4.78 is 5.63. The highest BCUT2D eigenvalue weighted by molar-refractivity contribution is 5.90. The highest BCUT2D eigenvalue weighted by Gasteiger charge is 2.70. The zero-order valence-corrected chi connectivity index (χ0v) is 31.6. The van der Waals surface area contributed by atoms with Crippen molar-refractivity contribution in [1.29, 1.82) is 0 Å². The van der Waals surface area contributed by atoms with Gasteiger partial charge in [0.1, 0.15) is 5.60 Å². The lowest BCUT2D eigenvalue weighted by molar-refractivity contribution is -0.221. The van der Waals surface area contributed by atoms with Gasteiger partial charge in [-0.25, -0.2) is 4.79 Å². The maximum atomic E-state index is 12.7. The summed E-state index contributed by atoms with van der Waals surface area (Å²) in [5.74, 6) is 1.91. The molecule has 0 heterocycles. The number of nitrogens with zero attached hydrogens (tertiary/aromatic N) is 3. The monoisotopic (exact) mass is 665 g/mol. The van der Waals surface area contributed by atoms with E-state index in [2.05, 4.69) is 82.4 Å². The van der Waals surface area contributed by atoms with Gasteiger partial charge < -0.3 is 4.74 Å². The van der Waals surface area contributed by atoms with Gasteiger partial charge in [0, 0.05) is 4.91 Å². The van der Waals surface area contributed by atoms with Crippen LogP contribution in [0.4, 0.5) is 0 Å². The molecule has 0 spiro atoms. The van der Waals surface area contributed by atoms with Crippen molar-refractivity contribution < 1.29 is 14.3 Å². The van der Waals surface area contributed by atoms with Crippen molar-refractivity contribution in [2.75, 3.05) is 0 Å². The fourth-order valence-corrected chi connectivity index (χ4v) is 13.0. The number of benzene rings is 1. The largest absolute Gasteiger partial charge is 0.456 e. The molecule has 0 aromatic heterocycles. The van der Waals surface area contributed by atoms with Crippen LogP contribution in [0, 0.1) is 56.7 Å². The first-order valence-electron chi connectivity index (χ1n) is 18.8. The van der Waals surface area contributed by atoms with Crippen LogP contribution in [0.15, 0.2) is 59.8 Å². The maximum Gasteiger partial charge on any atom is 0.338 e. The number of carbonyl (C=O) groups excluding carboxylic acids is 2. The number of azide groups is 1. The summed E-state index contributed by atoms with van der Waals surface area (Å²) in [5, 5.41) is 3.35. The van der Waals surface area contributed by atoms with E-state index >= 15 is 0 Å². The van der Waals surface area contributed by atoms with Crippen LogP contribution in [0.1, 0.15) is 136 Å². The van der Waals surface area contributed by atoms with E-state index in [9.17, 15) is 9.59 Å². The highest BCUT2D eigenvalue weighted by atomic mass is 16.6. The molecule has 0 N–H and O–H groups in total. The number of rotatable bonds is 5. The van der Waals surface area contributed by atoms with Crippen molar-refractivity contribution >= 4 is 17.4 Å². The molecule has 4 saturated carbocycles. The molecule has 9 atom stereocenters. The van der Waals surface area contributed by atoms with Gasteiger partial charge in [0.15, 0.2) is 0 Å². The minimum Gasteiger partial charge on any atom is -0.456 e. The molecular formula is C43H59N3O3. The van der Waals surface area contributed by atoms with E-state index in [0.29, 0.717) is 35.2 Å². The fourth-order valence-electron chi connectivity index (χ4n) is 13.0. The van der Waals surface area contributed by atoms with Crippen molar-refractivity contribution in [3.63, 3.8) is 0 Å². The number of hydrogen-bond acceptors (Lipinski definition) is 3. The van der Waals surface area contributed by atoms with Crippen molar-refractivity contribution in [2.45, 2.75) is 126 Å². The number of amides is 1. The van der Waals surface area contributed by atoms with Crippen molar-refractivity contribution in [3.05, 3.63) is 76.2 Å². The van der Waals surface area contributed by atoms with Crippen LogP contribution in [0.3, 0.4) is 0 Å². The van der Waals surface area contributed by atoms with Gasteiger partial charge in [-0.2, -0.15) is 0 Å². The normalized spacial score (nSPS) is 39.4. The van der Waals surface area contributed by atoms with E-state index < -0.39 is 11.5 Å². The van der Waals surface area contributed by atoms with E-state index in [1.807, 2.05) is 32.9 Å². The van der Waals surface area contributed by atoms with Crippen LogP contribution < -0.4 is 0 Å². The van der Waals surface area contributed by atoms with Crippen molar-refractivity contribution in [2.24, 2.45) is 61.8 Å². The minimum absolute atomic E-state index is 0.000970. The topological polar surface area (TPSA) is 92.1 Å². The molecular weight excluding hydrogens is 606 g/mol. The van der Waals surface area contributed by atoms with E-state index in [1.54, 1.807) is 6.08 Å². The van der Waals surface area contributed by atoms with Gasteiger partial charge in [0.05, 0.1) is 5.56 Å². The third-order valence-electron chi connectivity index (χ3n) is 15.2. The van der Waals surface area contributed by atoms with Crippen molar-refractivity contribution in [3.8, 4) is 0 Å². The Morgan fingerprint density at radius 1 is 0.939 bits per heavy atom. The maximum absolute atomic E-state index is 12.7. The van der Waals surface area contributed by atoms with E-state index in [4.69, 9.17) is 10.3 Å². The molecule has 1 aromatic rings. The lowest BCUT2D eigenvalue weighted by Crippen LogP contribution is -2.65. The van der Waals surface area contributed by atoms with E-state index in [-0.39, 0.29) is 33.0 Å². The summed E-state index contributed by atoms with van der Waals surface area (Å²) in [4.78, 5) is 27.8. The lowest BCUT2D eigenvalue weighted by atomic mass is 9.32. The third kappa shape index (κ3) is 5.56. The summed E-state index contributed by atoms with van der Waals surface area (Å²) in [6, 6.07) is 8.11. The van der Waals surface area contributed by atoms with Gasteiger partial charge in [-0.1, -0.05) is 71.1 Å². The third-order valence-corrected chi connectivity index (χ3v) is 15.2. The highest BCUT2D eigenvalue weighted by Crippen LogP contribution is 2.78. The Morgan fingerprint density at radius 3 is 2.27 bits per heavy atom. The molecule has 6 nitrogen and oxygen atoms in total. The second kappa shape index (κ2) is 12.0. The van der Waals surface area contributed by atoms with Crippen LogP contribution in [-0.4, -0.2) is 17.5 Å². The second-order valence-electron chi connectivity index (χ2n) is 18.9. The average Bonchev–Trinajstić information content (AvgIpc) is 3.40. The Balaban J connectivity index is 1.31. The Hall–Kier alpha value is -3.11. The first-order chi connectivity index (χ1) is 22.8. The van der Waals surface area contributed by atoms with Gasteiger partial charge in [-0.3, -0.25) is 4.79 Å². The first-order valence-corrected chi connectivity index (χ1v) is 18.8. The van der Waals surface area contributed by atoms with Gasteiger partial charge in [0.25, 0.3) is 0 Å². The molecule has 6 rings (SSSR count). The van der Waals surface area contributed by atoms with Gasteiger partial charge in [-0.15, -0.1) is 0 Å². The van der Waals surface area contributed by atoms with Crippen molar-refractivity contribution in [1.82, 2.24) is 0 Å². The zero-order chi connectivity index (χ0) is 35.8. The lowest BCUT2D eigenvalue weighted by Gasteiger charge is -2.72. The van der Waals surface area contributed by atoms with E-state index in [0.717, 1.165) is 25.7 Å². The van der Waals surface area contributed by atoms with Gasteiger partial charge in [0.2, 0.25) is 5.91 Å². The number of esters is 1. The molecule has 0 bridgehead atoms. The molecule has 4 fully saturated rings. The molecule has 0 aliphatic heterocycles. The number of fused-ring (bicyclic) bond motifs is 7. The van der Waals surface area contributed by atoms with Crippen LogP contribution in [0.2, 0.25) is 0 Å². The predicted molar refractivity (Wildman–Crippen MR) is 197 cm³/mol. The molecule has 5 aliphatic rings.